The van der Waals surface area contributed by atoms with Crippen LogP contribution >= 0.6 is 11.3 Å². The van der Waals surface area contributed by atoms with Crippen molar-refractivity contribution in [3.05, 3.63) is 65.8 Å². The van der Waals surface area contributed by atoms with Gasteiger partial charge >= 0.3 is 6.03 Å². The molecular formula is C25H22N6O3S. The Kier molecular flexibility index (Phi) is 5.31. The largest absolute Gasteiger partial charge is 0.439 e. The molecule has 0 spiro atoms. The third kappa shape index (κ3) is 3.96. The number of pyridine rings is 2. The van der Waals surface area contributed by atoms with Crippen LogP contribution in [0.4, 0.5) is 21.9 Å². The van der Waals surface area contributed by atoms with Crippen molar-refractivity contribution < 1.29 is 14.3 Å². The van der Waals surface area contributed by atoms with Crippen molar-refractivity contribution >= 4 is 50.6 Å². The molecule has 1 unspecified atom stereocenters. The fourth-order valence-corrected chi connectivity index (χ4v) is 5.60. The molecule has 1 fully saturated rings. The second-order valence-corrected chi connectivity index (χ2v) is 9.59. The number of nitrogens with one attached hydrogen (secondary N) is 2. The Balaban J connectivity index is 1.31. The molecular weight excluding hydrogens is 464 g/mol. The second-order valence-electron chi connectivity index (χ2n) is 8.60. The summed E-state index contributed by atoms with van der Waals surface area (Å²) in [6, 6.07) is 14.4. The van der Waals surface area contributed by atoms with E-state index in [4.69, 9.17) is 10.5 Å². The molecule has 2 atom stereocenters. The summed E-state index contributed by atoms with van der Waals surface area (Å²) < 4.78 is 5.76. The van der Waals surface area contributed by atoms with E-state index in [1.807, 2.05) is 30.3 Å². The molecule has 0 radical (unpaired) electrons. The van der Waals surface area contributed by atoms with Gasteiger partial charge in [-0.3, -0.25) is 9.69 Å². The van der Waals surface area contributed by atoms with E-state index in [2.05, 4.69) is 20.6 Å². The fraction of sp³-hybridized carbons (Fsp3) is 0.200. The Labute approximate surface area is 204 Å². The summed E-state index contributed by atoms with van der Waals surface area (Å²) in [7, 11) is 0. The summed E-state index contributed by atoms with van der Waals surface area (Å²) in [6.07, 6.45) is 5.73. The molecule has 35 heavy (non-hydrogen) atoms. The number of nitrogens with zero attached hydrogens (tertiary/aromatic N) is 3. The lowest BCUT2D eigenvalue weighted by atomic mass is 10.1. The third-order valence-electron chi connectivity index (χ3n) is 6.21. The van der Waals surface area contributed by atoms with Crippen molar-refractivity contribution in [2.24, 2.45) is 5.73 Å². The first-order chi connectivity index (χ1) is 17.1. The number of carbonyl (C=O) groups is 2. The Morgan fingerprint density at radius 1 is 1.14 bits per heavy atom. The van der Waals surface area contributed by atoms with Gasteiger partial charge in [-0.1, -0.05) is 18.2 Å². The van der Waals surface area contributed by atoms with Crippen molar-refractivity contribution in [1.82, 2.24) is 15.3 Å². The topological polar surface area (TPSA) is 122 Å². The number of aromatic nitrogens is 2. The Morgan fingerprint density at radius 3 is 2.74 bits per heavy atom. The van der Waals surface area contributed by atoms with Gasteiger partial charge in [0.1, 0.15) is 15.5 Å². The van der Waals surface area contributed by atoms with Crippen LogP contribution in [0.5, 0.6) is 11.6 Å². The average Bonchev–Trinajstić information content (AvgIpc) is 3.44. The lowest BCUT2D eigenvalue weighted by Gasteiger charge is -2.28. The van der Waals surface area contributed by atoms with Crippen LogP contribution < -0.4 is 26.0 Å². The number of thiophene rings is 1. The summed E-state index contributed by atoms with van der Waals surface area (Å²) in [6.45, 7) is 0. The summed E-state index contributed by atoms with van der Waals surface area (Å²) in [5.41, 5.74) is 7.69. The molecule has 1 saturated carbocycles. The zero-order valence-electron chi connectivity index (χ0n) is 18.6. The number of anilines is 3. The van der Waals surface area contributed by atoms with Gasteiger partial charge in [0.15, 0.2) is 0 Å². The average molecular weight is 487 g/mol. The minimum Gasteiger partial charge on any atom is -0.439 e. The number of hydrogen-bond donors (Lipinski definition) is 3. The van der Waals surface area contributed by atoms with Crippen LogP contribution in [0.15, 0.2) is 60.9 Å². The predicted octanol–water partition coefficient (Wildman–Crippen LogP) is 4.78. The highest BCUT2D eigenvalue weighted by Gasteiger charge is 2.34. The van der Waals surface area contributed by atoms with Crippen molar-refractivity contribution in [1.29, 1.82) is 0 Å². The molecule has 2 aliphatic rings. The maximum atomic E-state index is 13.2. The van der Waals surface area contributed by atoms with E-state index in [1.54, 1.807) is 30.6 Å². The van der Waals surface area contributed by atoms with Crippen LogP contribution in [0.1, 0.15) is 28.9 Å². The van der Waals surface area contributed by atoms with E-state index in [0.717, 1.165) is 24.6 Å². The number of rotatable bonds is 5. The number of carbonyl (C=O) groups excluding carboxylic acids is 2. The van der Waals surface area contributed by atoms with Gasteiger partial charge in [0, 0.05) is 24.3 Å². The minimum absolute atomic E-state index is 0.0424. The van der Waals surface area contributed by atoms with Crippen LogP contribution in [0.25, 0.3) is 10.2 Å². The van der Waals surface area contributed by atoms with E-state index >= 15 is 0 Å². The quantitative estimate of drug-likeness (QED) is 0.373. The summed E-state index contributed by atoms with van der Waals surface area (Å²) in [4.78, 5) is 37.8. The molecule has 10 heteroatoms. The van der Waals surface area contributed by atoms with Crippen LogP contribution in [0.2, 0.25) is 0 Å². The predicted molar refractivity (Wildman–Crippen MR) is 135 cm³/mol. The van der Waals surface area contributed by atoms with Gasteiger partial charge in [0.05, 0.1) is 28.6 Å². The molecule has 0 bridgehead atoms. The minimum atomic E-state index is -0.376. The molecule has 1 aromatic carbocycles. The second kappa shape index (κ2) is 8.64. The number of amides is 3. The van der Waals surface area contributed by atoms with E-state index < -0.39 is 0 Å². The van der Waals surface area contributed by atoms with Gasteiger partial charge in [-0.15, -0.1) is 11.3 Å². The normalized spacial score (nSPS) is 19.0. The van der Waals surface area contributed by atoms with Crippen molar-refractivity contribution in [3.8, 4) is 11.6 Å². The number of nitrogens with two attached hydrogens (primary N) is 1. The van der Waals surface area contributed by atoms with Gasteiger partial charge in [-0.2, -0.15) is 0 Å². The van der Waals surface area contributed by atoms with Crippen LogP contribution in [-0.4, -0.2) is 34.0 Å². The van der Waals surface area contributed by atoms with Gasteiger partial charge in [-0.25, -0.2) is 14.8 Å². The highest BCUT2D eigenvalue weighted by molar-refractivity contribution is 7.21. The highest BCUT2D eigenvalue weighted by atomic mass is 32.1. The van der Waals surface area contributed by atoms with Gasteiger partial charge in [0.2, 0.25) is 5.88 Å². The van der Waals surface area contributed by atoms with Gasteiger partial charge in [0.25, 0.3) is 5.91 Å². The molecule has 1 aliphatic heterocycles. The van der Waals surface area contributed by atoms with Gasteiger partial charge < -0.3 is 21.1 Å². The van der Waals surface area contributed by atoms with Gasteiger partial charge in [-0.05, 0) is 43.5 Å². The van der Waals surface area contributed by atoms with Crippen LogP contribution in [0.3, 0.4) is 0 Å². The molecule has 3 amide bonds. The summed E-state index contributed by atoms with van der Waals surface area (Å²) in [5, 5.41) is 6.70. The first-order valence-corrected chi connectivity index (χ1v) is 12.2. The fourth-order valence-electron chi connectivity index (χ4n) is 4.57. The van der Waals surface area contributed by atoms with Crippen molar-refractivity contribution in [2.75, 3.05) is 10.2 Å². The number of ether oxygens (including phenoxy) is 1. The zero-order chi connectivity index (χ0) is 23.9. The molecule has 3 aromatic heterocycles. The number of benzene rings is 1. The van der Waals surface area contributed by atoms with E-state index in [-0.39, 0.29) is 24.0 Å². The number of hydrogen-bond acceptors (Lipinski definition) is 7. The smallest absolute Gasteiger partial charge is 0.331 e. The molecule has 4 aromatic rings. The molecule has 4 heterocycles. The third-order valence-corrected chi connectivity index (χ3v) is 7.30. The standard InChI is InChI=1S/C25H22N6O3S/c26-14-6-7-15(12-14)29-23(32)22-21-20-18(10-11-27-24(20)35-22)31(25(33)30-21)16-8-9-19(28-13-16)34-17-4-2-1-3-5-17/h1-5,8-11,13-15H,6-7,12,26H2,(H,29,32)(H,30,33)/t14?,15-/m0/s1. The molecule has 9 nitrogen and oxygen atoms in total. The molecule has 0 saturated heterocycles. The lowest BCUT2D eigenvalue weighted by Crippen LogP contribution is -2.36. The summed E-state index contributed by atoms with van der Waals surface area (Å²) in [5.74, 6) is 0.873. The van der Waals surface area contributed by atoms with Crippen LogP contribution in [0, 0.1) is 0 Å². The lowest BCUT2D eigenvalue weighted by molar-refractivity contribution is 0.0942. The monoisotopic (exact) mass is 486 g/mol. The first-order valence-electron chi connectivity index (χ1n) is 11.3. The molecule has 4 N–H and O–H groups in total. The van der Waals surface area contributed by atoms with Crippen LogP contribution in [-0.2, 0) is 0 Å². The number of para-hydroxylation sites is 1. The Bertz CT molecular complexity index is 1420. The summed E-state index contributed by atoms with van der Waals surface area (Å²) >= 11 is 1.27. The highest BCUT2D eigenvalue weighted by Crippen LogP contribution is 2.45. The molecule has 1 aliphatic carbocycles. The Hall–Kier alpha value is -4.02. The number of urea groups is 1. The van der Waals surface area contributed by atoms with E-state index in [9.17, 15) is 9.59 Å². The maximum absolute atomic E-state index is 13.2. The van der Waals surface area contributed by atoms with E-state index in [0.29, 0.717) is 38.4 Å². The SMILES string of the molecule is NC1CC[C@H](NC(=O)c2sc3nccc4c3c2NC(=O)N4c2ccc(Oc3ccccc3)nc2)C1. The Morgan fingerprint density at radius 2 is 2.00 bits per heavy atom. The van der Waals surface area contributed by atoms with E-state index in [1.165, 1.54) is 16.2 Å². The molecule has 6 rings (SSSR count). The first kappa shape index (κ1) is 21.5. The van der Waals surface area contributed by atoms with Crippen molar-refractivity contribution in [2.45, 2.75) is 31.3 Å². The van der Waals surface area contributed by atoms with Crippen molar-refractivity contribution in [3.63, 3.8) is 0 Å². The zero-order valence-corrected chi connectivity index (χ0v) is 19.4. The maximum Gasteiger partial charge on any atom is 0.331 e. The molecule has 176 valence electrons.